The fourth-order valence-electron chi connectivity index (χ4n) is 3.66. The van der Waals surface area contributed by atoms with Crippen molar-refractivity contribution in [3.8, 4) is 5.75 Å². The number of benzene rings is 2. The van der Waals surface area contributed by atoms with Crippen molar-refractivity contribution in [1.29, 1.82) is 0 Å². The molecule has 0 aromatic heterocycles. The summed E-state index contributed by atoms with van der Waals surface area (Å²) in [6.45, 7) is 5.71. The van der Waals surface area contributed by atoms with E-state index < -0.39 is 0 Å². The third kappa shape index (κ3) is 5.32. The molecule has 1 fully saturated rings. The average Bonchev–Trinajstić information content (AvgIpc) is 3.23. The van der Waals surface area contributed by atoms with Gasteiger partial charge in [0.25, 0.3) is 0 Å². The Labute approximate surface area is 173 Å². The van der Waals surface area contributed by atoms with Crippen LogP contribution in [0.2, 0.25) is 0 Å². The minimum Gasteiger partial charge on any atom is -0.489 e. The highest BCUT2D eigenvalue weighted by molar-refractivity contribution is 7.99. The smallest absolute Gasteiger partial charge is 0.226 e. The van der Waals surface area contributed by atoms with E-state index in [4.69, 9.17) is 4.74 Å². The minimum absolute atomic E-state index is 0.100. The second kappa shape index (κ2) is 10.6. The van der Waals surface area contributed by atoms with E-state index in [0.717, 1.165) is 54.9 Å². The van der Waals surface area contributed by atoms with Crippen molar-refractivity contribution in [2.45, 2.75) is 51.5 Å². The third-order valence-electron chi connectivity index (χ3n) is 5.31. The first-order chi connectivity index (χ1) is 13.7. The van der Waals surface area contributed by atoms with E-state index in [9.17, 15) is 4.79 Å². The Morgan fingerprint density at radius 1 is 1.18 bits per heavy atom. The first kappa shape index (κ1) is 20.8. The summed E-state index contributed by atoms with van der Waals surface area (Å²) in [7, 11) is 0. The monoisotopic (exact) mass is 397 g/mol. The van der Waals surface area contributed by atoms with Crippen molar-refractivity contribution < 1.29 is 9.53 Å². The number of ether oxygens (including phenoxy) is 1. The SMILES string of the molecule is CCCC[C@@H](CC)C(=O)N1CCS[C@@H]1c1cccc(OCc2ccccc2)c1. The van der Waals surface area contributed by atoms with Crippen LogP contribution in [0, 0.1) is 5.92 Å². The number of hydrogen-bond acceptors (Lipinski definition) is 3. The van der Waals surface area contributed by atoms with Gasteiger partial charge < -0.3 is 9.64 Å². The lowest BCUT2D eigenvalue weighted by Crippen LogP contribution is -2.35. The maximum absolute atomic E-state index is 13.1. The van der Waals surface area contributed by atoms with E-state index in [1.807, 2.05) is 42.1 Å². The second-order valence-electron chi connectivity index (χ2n) is 7.35. The van der Waals surface area contributed by atoms with Crippen LogP contribution in [-0.4, -0.2) is 23.1 Å². The van der Waals surface area contributed by atoms with Gasteiger partial charge in [0, 0.05) is 18.2 Å². The summed E-state index contributed by atoms with van der Waals surface area (Å²) in [6, 6.07) is 18.4. The number of thioether (sulfide) groups is 1. The molecule has 4 heteroatoms. The molecule has 3 nitrogen and oxygen atoms in total. The highest BCUT2D eigenvalue weighted by atomic mass is 32.2. The second-order valence-corrected chi connectivity index (χ2v) is 8.54. The molecule has 0 spiro atoms. The maximum Gasteiger partial charge on any atom is 0.226 e. The zero-order valence-corrected chi connectivity index (χ0v) is 17.8. The molecule has 0 bridgehead atoms. The van der Waals surface area contributed by atoms with Crippen molar-refractivity contribution in [2.75, 3.05) is 12.3 Å². The van der Waals surface area contributed by atoms with Crippen LogP contribution in [0.5, 0.6) is 5.75 Å². The molecule has 1 aliphatic rings. The first-order valence-corrected chi connectivity index (χ1v) is 11.5. The number of rotatable bonds is 9. The Kier molecular flexibility index (Phi) is 7.84. The lowest BCUT2D eigenvalue weighted by molar-refractivity contribution is -0.136. The Hall–Kier alpha value is -1.94. The highest BCUT2D eigenvalue weighted by Gasteiger charge is 2.33. The van der Waals surface area contributed by atoms with E-state index in [1.54, 1.807) is 0 Å². The molecule has 3 rings (SSSR count). The van der Waals surface area contributed by atoms with E-state index in [-0.39, 0.29) is 11.3 Å². The Morgan fingerprint density at radius 2 is 2.00 bits per heavy atom. The van der Waals surface area contributed by atoms with Crippen LogP contribution in [-0.2, 0) is 11.4 Å². The summed E-state index contributed by atoms with van der Waals surface area (Å²) in [5.74, 6) is 2.33. The number of unbranched alkanes of at least 4 members (excludes halogenated alkanes) is 1. The third-order valence-corrected chi connectivity index (χ3v) is 6.57. The van der Waals surface area contributed by atoms with Gasteiger partial charge in [-0.05, 0) is 36.1 Å². The lowest BCUT2D eigenvalue weighted by Gasteiger charge is -2.28. The van der Waals surface area contributed by atoms with Crippen molar-refractivity contribution in [3.63, 3.8) is 0 Å². The predicted molar refractivity (Wildman–Crippen MR) is 117 cm³/mol. The van der Waals surface area contributed by atoms with Gasteiger partial charge in [-0.3, -0.25) is 4.79 Å². The maximum atomic E-state index is 13.1. The summed E-state index contributed by atoms with van der Waals surface area (Å²) in [4.78, 5) is 15.2. The Balaban J connectivity index is 1.68. The van der Waals surface area contributed by atoms with Crippen LogP contribution < -0.4 is 4.74 Å². The van der Waals surface area contributed by atoms with E-state index in [0.29, 0.717) is 12.5 Å². The molecule has 2 atom stereocenters. The molecule has 1 heterocycles. The molecular formula is C24H31NO2S. The van der Waals surface area contributed by atoms with E-state index in [2.05, 4.69) is 43.0 Å². The van der Waals surface area contributed by atoms with Gasteiger partial charge in [-0.2, -0.15) is 0 Å². The van der Waals surface area contributed by atoms with Crippen LogP contribution >= 0.6 is 11.8 Å². The average molecular weight is 398 g/mol. The van der Waals surface area contributed by atoms with Crippen LogP contribution in [0.3, 0.4) is 0 Å². The Morgan fingerprint density at radius 3 is 2.75 bits per heavy atom. The molecule has 0 radical (unpaired) electrons. The largest absolute Gasteiger partial charge is 0.489 e. The van der Waals surface area contributed by atoms with Crippen LogP contribution in [0.1, 0.15) is 56.0 Å². The minimum atomic E-state index is 0.100. The standard InChI is InChI=1S/C24H31NO2S/c1-3-5-12-20(4-2)23(26)25-15-16-28-24(25)21-13-9-14-22(17-21)27-18-19-10-7-6-8-11-19/h6-11,13-14,17,20,24H,3-5,12,15-16,18H2,1-2H3/t20-,24-/m1/s1. The Bertz CT molecular complexity index is 749. The molecule has 2 aromatic carbocycles. The molecule has 1 amide bonds. The molecule has 1 saturated heterocycles. The zero-order chi connectivity index (χ0) is 19.8. The van der Waals surface area contributed by atoms with Gasteiger partial charge in [-0.15, -0.1) is 11.8 Å². The summed E-state index contributed by atoms with van der Waals surface area (Å²) >= 11 is 1.86. The zero-order valence-electron chi connectivity index (χ0n) is 17.0. The number of hydrogen-bond donors (Lipinski definition) is 0. The fourth-order valence-corrected chi connectivity index (χ4v) is 4.91. The molecule has 2 aromatic rings. The van der Waals surface area contributed by atoms with E-state index in [1.165, 1.54) is 0 Å². The van der Waals surface area contributed by atoms with Gasteiger partial charge >= 0.3 is 0 Å². The van der Waals surface area contributed by atoms with Gasteiger partial charge in [0.15, 0.2) is 0 Å². The van der Waals surface area contributed by atoms with Gasteiger partial charge in [-0.25, -0.2) is 0 Å². The van der Waals surface area contributed by atoms with Gasteiger partial charge in [0.1, 0.15) is 17.7 Å². The summed E-state index contributed by atoms with van der Waals surface area (Å²) in [5, 5.41) is 0.100. The van der Waals surface area contributed by atoms with Crippen molar-refractivity contribution >= 4 is 17.7 Å². The van der Waals surface area contributed by atoms with Gasteiger partial charge in [-0.1, -0.05) is 69.2 Å². The molecule has 28 heavy (non-hydrogen) atoms. The molecule has 0 unspecified atom stereocenters. The predicted octanol–water partition coefficient (Wildman–Crippen LogP) is 6.06. The normalized spacial score (nSPS) is 17.5. The van der Waals surface area contributed by atoms with Gasteiger partial charge in [0.2, 0.25) is 5.91 Å². The summed E-state index contributed by atoms with van der Waals surface area (Å²) < 4.78 is 6.00. The molecule has 1 aliphatic heterocycles. The van der Waals surface area contributed by atoms with Crippen LogP contribution in [0.15, 0.2) is 54.6 Å². The lowest BCUT2D eigenvalue weighted by atomic mass is 9.97. The number of carbonyl (C=O) groups is 1. The van der Waals surface area contributed by atoms with Crippen LogP contribution in [0.4, 0.5) is 0 Å². The van der Waals surface area contributed by atoms with Crippen molar-refractivity contribution in [1.82, 2.24) is 4.90 Å². The molecule has 150 valence electrons. The highest BCUT2D eigenvalue weighted by Crippen LogP contribution is 2.40. The number of amides is 1. The summed E-state index contributed by atoms with van der Waals surface area (Å²) in [5.41, 5.74) is 2.31. The van der Waals surface area contributed by atoms with Crippen LogP contribution in [0.25, 0.3) is 0 Å². The quantitative estimate of drug-likeness (QED) is 0.515. The molecular weight excluding hydrogens is 366 g/mol. The number of carbonyl (C=O) groups excluding carboxylic acids is 1. The number of nitrogens with zero attached hydrogens (tertiary/aromatic N) is 1. The van der Waals surface area contributed by atoms with E-state index >= 15 is 0 Å². The molecule has 0 saturated carbocycles. The first-order valence-electron chi connectivity index (χ1n) is 10.4. The topological polar surface area (TPSA) is 29.5 Å². The van der Waals surface area contributed by atoms with Gasteiger partial charge in [0.05, 0.1) is 0 Å². The van der Waals surface area contributed by atoms with Crippen molar-refractivity contribution in [3.05, 3.63) is 65.7 Å². The fraction of sp³-hybridized carbons (Fsp3) is 0.458. The molecule has 0 N–H and O–H groups in total. The molecule has 0 aliphatic carbocycles. The summed E-state index contributed by atoms with van der Waals surface area (Å²) in [6.07, 6.45) is 4.19. The van der Waals surface area contributed by atoms with Crippen molar-refractivity contribution in [2.24, 2.45) is 5.92 Å².